The van der Waals surface area contributed by atoms with Gasteiger partial charge in [0.25, 0.3) is 0 Å². The Labute approximate surface area is 122 Å². The summed E-state index contributed by atoms with van der Waals surface area (Å²) in [5.41, 5.74) is -0.0579. The quantitative estimate of drug-likeness (QED) is 0.838. The number of thioether (sulfide) groups is 1. The number of carboxylic acid groups (broad SMARTS) is 1. The largest absolute Gasteiger partial charge is 0.475 e. The number of alkyl halides is 3. The van der Waals surface area contributed by atoms with Crippen LogP contribution in [0.25, 0.3) is 0 Å². The van der Waals surface area contributed by atoms with E-state index in [1.165, 1.54) is 23.9 Å². The zero-order valence-electron chi connectivity index (χ0n) is 10.9. The van der Waals surface area contributed by atoms with E-state index >= 15 is 0 Å². The second kappa shape index (κ2) is 5.85. The smallest absolute Gasteiger partial charge is 0.416 e. The molecule has 0 aliphatic carbocycles. The van der Waals surface area contributed by atoms with Crippen LogP contribution in [0.15, 0.2) is 39.6 Å². The van der Waals surface area contributed by atoms with Crippen LogP contribution in [0.1, 0.15) is 27.4 Å². The molecule has 0 aliphatic rings. The normalized spacial score (nSPS) is 11.6. The van der Waals surface area contributed by atoms with E-state index in [2.05, 4.69) is 0 Å². The molecule has 2 rings (SSSR count). The fourth-order valence-electron chi connectivity index (χ4n) is 1.69. The minimum Gasteiger partial charge on any atom is -0.475 e. The van der Waals surface area contributed by atoms with Crippen LogP contribution >= 0.6 is 11.8 Å². The van der Waals surface area contributed by atoms with E-state index in [1.54, 1.807) is 13.0 Å². The fraction of sp³-hybridized carbons (Fsp3) is 0.214. The first-order valence-corrected chi connectivity index (χ1v) is 6.88. The number of rotatable bonds is 4. The minimum absolute atomic E-state index is 0.174. The summed E-state index contributed by atoms with van der Waals surface area (Å²) < 4.78 is 42.8. The molecule has 0 fully saturated rings. The zero-order valence-corrected chi connectivity index (χ0v) is 11.7. The molecule has 1 N–H and O–H groups in total. The number of aryl methyl sites for hydroxylation is 1. The highest BCUT2D eigenvalue weighted by Gasteiger charge is 2.30. The van der Waals surface area contributed by atoms with Crippen LogP contribution in [0.5, 0.6) is 0 Å². The number of benzene rings is 1. The number of aromatic carboxylic acids is 1. The van der Waals surface area contributed by atoms with Crippen LogP contribution in [0.2, 0.25) is 0 Å². The average Bonchev–Trinajstić information content (AvgIpc) is 2.77. The molecule has 0 radical (unpaired) electrons. The monoisotopic (exact) mass is 316 g/mol. The van der Waals surface area contributed by atoms with Gasteiger partial charge in [0, 0.05) is 16.2 Å². The van der Waals surface area contributed by atoms with E-state index in [4.69, 9.17) is 9.52 Å². The Balaban J connectivity index is 2.12. The summed E-state index contributed by atoms with van der Waals surface area (Å²) in [6.45, 7) is 1.62. The highest BCUT2D eigenvalue weighted by molar-refractivity contribution is 7.98. The lowest BCUT2D eigenvalue weighted by atomic mass is 10.2. The third kappa shape index (κ3) is 3.81. The molecule has 1 heterocycles. The van der Waals surface area contributed by atoms with Gasteiger partial charge in [0.05, 0.1) is 5.56 Å². The molecular weight excluding hydrogens is 305 g/mol. The lowest BCUT2D eigenvalue weighted by molar-refractivity contribution is -0.137. The second-order valence-electron chi connectivity index (χ2n) is 4.31. The van der Waals surface area contributed by atoms with Gasteiger partial charge >= 0.3 is 12.1 Å². The third-order valence-electron chi connectivity index (χ3n) is 2.79. The van der Waals surface area contributed by atoms with E-state index in [9.17, 15) is 18.0 Å². The van der Waals surface area contributed by atoms with Gasteiger partial charge in [-0.25, -0.2) is 4.79 Å². The number of hydrogen-bond donors (Lipinski definition) is 1. The van der Waals surface area contributed by atoms with Crippen LogP contribution in [-0.2, 0) is 11.9 Å². The molecule has 0 saturated carbocycles. The Kier molecular flexibility index (Phi) is 4.32. The molecule has 0 saturated heterocycles. The molecule has 0 unspecified atom stereocenters. The maximum atomic E-state index is 12.6. The molecule has 7 heteroatoms. The molecule has 21 heavy (non-hydrogen) atoms. The van der Waals surface area contributed by atoms with Crippen LogP contribution in [0.4, 0.5) is 13.2 Å². The SMILES string of the molecule is Cc1oc(C(=O)O)cc1CSc1cccc(C(F)(F)F)c1. The van der Waals surface area contributed by atoms with Gasteiger partial charge in [-0.1, -0.05) is 6.07 Å². The van der Waals surface area contributed by atoms with Gasteiger partial charge in [-0.3, -0.25) is 0 Å². The Hall–Kier alpha value is -1.89. The number of carbonyl (C=O) groups is 1. The molecular formula is C14H11F3O3S. The summed E-state index contributed by atoms with van der Waals surface area (Å²) in [7, 11) is 0. The van der Waals surface area contributed by atoms with Gasteiger partial charge < -0.3 is 9.52 Å². The van der Waals surface area contributed by atoms with Crippen LogP contribution in [-0.4, -0.2) is 11.1 Å². The first-order valence-electron chi connectivity index (χ1n) is 5.90. The first-order chi connectivity index (χ1) is 9.77. The van der Waals surface area contributed by atoms with Crippen molar-refractivity contribution in [2.45, 2.75) is 23.7 Å². The van der Waals surface area contributed by atoms with Gasteiger partial charge in [-0.2, -0.15) is 13.2 Å². The van der Waals surface area contributed by atoms with Gasteiger partial charge in [-0.15, -0.1) is 11.8 Å². The van der Waals surface area contributed by atoms with E-state index in [0.29, 0.717) is 22.0 Å². The van der Waals surface area contributed by atoms with E-state index in [0.717, 1.165) is 12.1 Å². The molecule has 0 spiro atoms. The van der Waals surface area contributed by atoms with E-state index in [1.807, 2.05) is 0 Å². The van der Waals surface area contributed by atoms with Crippen molar-refractivity contribution < 1.29 is 27.5 Å². The second-order valence-corrected chi connectivity index (χ2v) is 5.36. The molecule has 2 aromatic rings. The molecule has 0 aliphatic heterocycles. The first kappa shape index (κ1) is 15.5. The predicted octanol–water partition coefficient (Wildman–Crippen LogP) is 4.60. The van der Waals surface area contributed by atoms with Crippen molar-refractivity contribution in [1.29, 1.82) is 0 Å². The number of hydrogen-bond acceptors (Lipinski definition) is 3. The predicted molar refractivity (Wildman–Crippen MR) is 71.4 cm³/mol. The third-order valence-corrected chi connectivity index (χ3v) is 3.83. The van der Waals surface area contributed by atoms with Gasteiger partial charge in [0.2, 0.25) is 5.76 Å². The maximum absolute atomic E-state index is 12.6. The van der Waals surface area contributed by atoms with Crippen LogP contribution in [0, 0.1) is 6.92 Å². The van der Waals surface area contributed by atoms with Gasteiger partial charge in [-0.05, 0) is 31.2 Å². The molecule has 0 atom stereocenters. The van der Waals surface area contributed by atoms with Crippen molar-refractivity contribution >= 4 is 17.7 Å². The molecule has 1 aromatic carbocycles. The maximum Gasteiger partial charge on any atom is 0.416 e. The molecule has 112 valence electrons. The Morgan fingerprint density at radius 2 is 2.05 bits per heavy atom. The standard InChI is InChI=1S/C14H11F3O3S/c1-8-9(5-12(20-8)13(18)19)7-21-11-4-2-3-10(6-11)14(15,16)17/h2-6H,7H2,1H3,(H,18,19). The summed E-state index contributed by atoms with van der Waals surface area (Å²) in [5, 5.41) is 8.81. The Morgan fingerprint density at radius 3 is 2.62 bits per heavy atom. The summed E-state index contributed by atoms with van der Waals surface area (Å²) in [6.07, 6.45) is -4.38. The van der Waals surface area contributed by atoms with Gasteiger partial charge in [0.1, 0.15) is 5.76 Å². The summed E-state index contributed by atoms with van der Waals surface area (Å²) in [5.74, 6) is -0.559. The lowest BCUT2D eigenvalue weighted by Gasteiger charge is -2.08. The lowest BCUT2D eigenvalue weighted by Crippen LogP contribution is -2.04. The van der Waals surface area contributed by atoms with Crippen molar-refractivity contribution in [3.8, 4) is 0 Å². The zero-order chi connectivity index (χ0) is 15.6. The van der Waals surface area contributed by atoms with Crippen molar-refractivity contribution in [2.75, 3.05) is 0 Å². The van der Waals surface area contributed by atoms with Crippen molar-refractivity contribution in [2.24, 2.45) is 0 Å². The molecule has 3 nitrogen and oxygen atoms in total. The van der Waals surface area contributed by atoms with Crippen molar-refractivity contribution in [3.05, 3.63) is 53.0 Å². The average molecular weight is 316 g/mol. The summed E-state index contributed by atoms with van der Waals surface area (Å²) in [4.78, 5) is 11.2. The van der Waals surface area contributed by atoms with Crippen molar-refractivity contribution in [1.82, 2.24) is 0 Å². The number of halogens is 3. The Bertz CT molecular complexity index is 662. The summed E-state index contributed by atoms with van der Waals surface area (Å²) in [6, 6.07) is 6.38. The van der Waals surface area contributed by atoms with Crippen molar-refractivity contribution in [3.63, 3.8) is 0 Å². The van der Waals surface area contributed by atoms with E-state index < -0.39 is 17.7 Å². The van der Waals surface area contributed by atoms with Gasteiger partial charge in [0.15, 0.2) is 0 Å². The number of carboxylic acids is 1. The molecule has 1 aromatic heterocycles. The molecule has 0 amide bonds. The fourth-order valence-corrected chi connectivity index (χ4v) is 2.69. The summed E-state index contributed by atoms with van der Waals surface area (Å²) >= 11 is 1.19. The highest BCUT2D eigenvalue weighted by atomic mass is 32.2. The van der Waals surface area contributed by atoms with E-state index in [-0.39, 0.29) is 5.76 Å². The molecule has 0 bridgehead atoms. The minimum atomic E-state index is -4.38. The van der Waals surface area contributed by atoms with Crippen LogP contribution < -0.4 is 0 Å². The Morgan fingerprint density at radius 1 is 1.33 bits per heavy atom. The topological polar surface area (TPSA) is 50.4 Å². The highest BCUT2D eigenvalue weighted by Crippen LogP contribution is 2.33. The van der Waals surface area contributed by atoms with Crippen LogP contribution in [0.3, 0.4) is 0 Å². The number of furan rings is 1.